The number of hydrogen-bond donors (Lipinski definition) is 0. The lowest BCUT2D eigenvalue weighted by atomic mass is 9.95. The van der Waals surface area contributed by atoms with E-state index in [1.165, 1.54) is 18.7 Å². The summed E-state index contributed by atoms with van der Waals surface area (Å²) in [4.78, 5) is 31.9. The number of likely N-dealkylation sites (tertiary alicyclic amines) is 1. The Morgan fingerprint density at radius 2 is 1.88 bits per heavy atom. The number of piperidine rings is 1. The zero-order valence-electron chi connectivity index (χ0n) is 14.8. The molecule has 2 aliphatic rings. The molecule has 0 atom stereocenters. The highest BCUT2D eigenvalue weighted by Crippen LogP contribution is 2.33. The predicted molar refractivity (Wildman–Crippen MR) is 91.4 cm³/mol. The summed E-state index contributed by atoms with van der Waals surface area (Å²) in [5, 5.41) is 0. The van der Waals surface area contributed by atoms with Crippen LogP contribution in [0.2, 0.25) is 0 Å². The standard InChI is InChI=1S/C18H28N4O2/c1-20(2)16(23)5-6-17(24)21-10-7-15(8-11-21)18-19-9-12-22(18)13-14-3-4-14/h9,12,14-15H,3-8,10-11,13H2,1-2H3. The summed E-state index contributed by atoms with van der Waals surface area (Å²) in [7, 11) is 3.45. The molecule has 0 N–H and O–H groups in total. The van der Waals surface area contributed by atoms with Gasteiger partial charge in [0.1, 0.15) is 5.82 Å². The first-order valence-electron chi connectivity index (χ1n) is 9.03. The van der Waals surface area contributed by atoms with E-state index in [0.29, 0.717) is 18.8 Å². The van der Waals surface area contributed by atoms with Crippen LogP contribution >= 0.6 is 0 Å². The minimum Gasteiger partial charge on any atom is -0.349 e. The minimum atomic E-state index is 0.0142. The van der Waals surface area contributed by atoms with Crippen LogP contribution in [0.1, 0.15) is 50.3 Å². The SMILES string of the molecule is CN(C)C(=O)CCC(=O)N1CCC(c2nccn2CC2CC2)CC1. The fourth-order valence-corrected chi connectivity index (χ4v) is 3.40. The van der Waals surface area contributed by atoms with E-state index < -0.39 is 0 Å². The van der Waals surface area contributed by atoms with E-state index in [0.717, 1.165) is 38.4 Å². The number of nitrogens with zero attached hydrogens (tertiary/aromatic N) is 4. The van der Waals surface area contributed by atoms with Crippen molar-refractivity contribution in [2.24, 2.45) is 5.92 Å². The van der Waals surface area contributed by atoms with Crippen molar-refractivity contribution in [2.45, 2.75) is 51.0 Å². The average molecular weight is 332 g/mol. The lowest BCUT2D eigenvalue weighted by Gasteiger charge is -2.32. The van der Waals surface area contributed by atoms with Crippen LogP contribution in [0.4, 0.5) is 0 Å². The fourth-order valence-electron chi connectivity index (χ4n) is 3.40. The van der Waals surface area contributed by atoms with Crippen LogP contribution in [0.25, 0.3) is 0 Å². The van der Waals surface area contributed by atoms with Crippen LogP contribution in [0.15, 0.2) is 12.4 Å². The van der Waals surface area contributed by atoms with Crippen molar-refractivity contribution in [3.8, 4) is 0 Å². The van der Waals surface area contributed by atoms with Crippen LogP contribution in [0.3, 0.4) is 0 Å². The van der Waals surface area contributed by atoms with Crippen molar-refractivity contribution in [3.63, 3.8) is 0 Å². The maximum absolute atomic E-state index is 12.3. The van der Waals surface area contributed by atoms with E-state index in [2.05, 4.69) is 15.7 Å². The van der Waals surface area contributed by atoms with E-state index >= 15 is 0 Å². The molecule has 6 heteroatoms. The monoisotopic (exact) mass is 332 g/mol. The normalized spacial score (nSPS) is 18.7. The Bertz CT molecular complexity index is 584. The molecule has 0 radical (unpaired) electrons. The van der Waals surface area contributed by atoms with Crippen LogP contribution in [-0.2, 0) is 16.1 Å². The van der Waals surface area contributed by atoms with Gasteiger partial charge in [-0.15, -0.1) is 0 Å². The van der Waals surface area contributed by atoms with Crippen molar-refractivity contribution >= 4 is 11.8 Å². The van der Waals surface area contributed by atoms with Gasteiger partial charge in [-0.2, -0.15) is 0 Å². The molecule has 24 heavy (non-hydrogen) atoms. The number of hydrogen-bond acceptors (Lipinski definition) is 3. The molecular formula is C18H28N4O2. The van der Waals surface area contributed by atoms with Gasteiger partial charge in [-0.3, -0.25) is 9.59 Å². The highest BCUT2D eigenvalue weighted by Gasteiger charge is 2.28. The fraction of sp³-hybridized carbons (Fsp3) is 0.722. The lowest BCUT2D eigenvalue weighted by Crippen LogP contribution is -2.38. The van der Waals surface area contributed by atoms with Crippen molar-refractivity contribution in [3.05, 3.63) is 18.2 Å². The maximum Gasteiger partial charge on any atom is 0.223 e. The Labute approximate surface area is 143 Å². The van der Waals surface area contributed by atoms with Crippen molar-refractivity contribution in [2.75, 3.05) is 27.2 Å². The second-order valence-corrected chi connectivity index (χ2v) is 7.32. The molecule has 2 heterocycles. The minimum absolute atomic E-state index is 0.0142. The molecular weight excluding hydrogens is 304 g/mol. The number of aromatic nitrogens is 2. The van der Waals surface area contributed by atoms with E-state index in [1.54, 1.807) is 19.0 Å². The average Bonchev–Trinajstić information content (AvgIpc) is 3.28. The first-order chi connectivity index (χ1) is 11.5. The second kappa shape index (κ2) is 7.36. The van der Waals surface area contributed by atoms with Crippen molar-refractivity contribution in [1.29, 1.82) is 0 Å². The van der Waals surface area contributed by atoms with Gasteiger partial charge < -0.3 is 14.4 Å². The second-order valence-electron chi connectivity index (χ2n) is 7.32. The number of carbonyl (C=O) groups excluding carboxylic acids is 2. The summed E-state index contributed by atoms with van der Waals surface area (Å²) >= 11 is 0. The molecule has 0 aromatic carbocycles. The zero-order valence-corrected chi connectivity index (χ0v) is 14.8. The zero-order chi connectivity index (χ0) is 17.1. The van der Waals surface area contributed by atoms with E-state index in [1.807, 2.05) is 11.1 Å². The third-order valence-electron chi connectivity index (χ3n) is 5.16. The number of carbonyl (C=O) groups is 2. The molecule has 2 fully saturated rings. The molecule has 132 valence electrons. The summed E-state index contributed by atoms with van der Waals surface area (Å²) in [6.07, 6.45) is 9.24. The molecule has 1 aromatic heterocycles. The summed E-state index contributed by atoms with van der Waals surface area (Å²) in [6, 6.07) is 0. The Morgan fingerprint density at radius 3 is 2.50 bits per heavy atom. The van der Waals surface area contributed by atoms with Gasteiger partial charge in [-0.25, -0.2) is 4.98 Å². The topological polar surface area (TPSA) is 58.4 Å². The Kier molecular flexibility index (Phi) is 5.21. The molecule has 2 amide bonds. The third kappa shape index (κ3) is 4.16. The van der Waals surface area contributed by atoms with Gasteiger partial charge in [0, 0.05) is 64.9 Å². The first kappa shape index (κ1) is 17.0. The summed E-state index contributed by atoms with van der Waals surface area (Å²) < 4.78 is 2.32. The van der Waals surface area contributed by atoms with Crippen LogP contribution < -0.4 is 0 Å². The number of rotatable bonds is 6. The van der Waals surface area contributed by atoms with E-state index in [-0.39, 0.29) is 11.8 Å². The lowest BCUT2D eigenvalue weighted by molar-refractivity contribution is -0.136. The largest absolute Gasteiger partial charge is 0.349 e. The highest BCUT2D eigenvalue weighted by molar-refractivity contribution is 5.83. The van der Waals surface area contributed by atoms with Gasteiger partial charge in [0.15, 0.2) is 0 Å². The quantitative estimate of drug-likeness (QED) is 0.799. The molecule has 0 bridgehead atoms. The summed E-state index contributed by atoms with van der Waals surface area (Å²) in [6.45, 7) is 2.65. The maximum atomic E-state index is 12.3. The molecule has 6 nitrogen and oxygen atoms in total. The van der Waals surface area contributed by atoms with Crippen molar-refractivity contribution < 1.29 is 9.59 Å². The first-order valence-corrected chi connectivity index (χ1v) is 9.03. The molecule has 1 aliphatic heterocycles. The Morgan fingerprint density at radius 1 is 1.17 bits per heavy atom. The van der Waals surface area contributed by atoms with Gasteiger partial charge in [-0.05, 0) is 31.6 Å². The predicted octanol–water partition coefficient (Wildman–Crippen LogP) is 1.87. The molecule has 1 saturated heterocycles. The summed E-state index contributed by atoms with van der Waals surface area (Å²) in [5.41, 5.74) is 0. The molecule has 0 spiro atoms. The highest BCUT2D eigenvalue weighted by atomic mass is 16.2. The molecule has 3 rings (SSSR count). The van der Waals surface area contributed by atoms with Gasteiger partial charge in [0.05, 0.1) is 0 Å². The molecule has 1 aliphatic carbocycles. The number of amides is 2. The van der Waals surface area contributed by atoms with Crippen molar-refractivity contribution in [1.82, 2.24) is 19.4 Å². The smallest absolute Gasteiger partial charge is 0.223 e. The molecule has 1 saturated carbocycles. The van der Waals surface area contributed by atoms with Gasteiger partial charge in [-0.1, -0.05) is 0 Å². The summed E-state index contributed by atoms with van der Waals surface area (Å²) in [5.74, 6) is 2.60. The van der Waals surface area contributed by atoms with Crippen LogP contribution in [0.5, 0.6) is 0 Å². The Balaban J connectivity index is 1.48. The van der Waals surface area contributed by atoms with E-state index in [4.69, 9.17) is 0 Å². The molecule has 0 unspecified atom stereocenters. The van der Waals surface area contributed by atoms with Gasteiger partial charge in [0.25, 0.3) is 0 Å². The molecule has 1 aromatic rings. The van der Waals surface area contributed by atoms with Gasteiger partial charge in [0.2, 0.25) is 11.8 Å². The van der Waals surface area contributed by atoms with Crippen LogP contribution in [-0.4, -0.2) is 58.4 Å². The van der Waals surface area contributed by atoms with Crippen LogP contribution in [0, 0.1) is 5.92 Å². The Hall–Kier alpha value is -1.85. The number of imidazole rings is 1. The van der Waals surface area contributed by atoms with Gasteiger partial charge >= 0.3 is 0 Å². The van der Waals surface area contributed by atoms with E-state index in [9.17, 15) is 9.59 Å². The third-order valence-corrected chi connectivity index (χ3v) is 5.16.